The van der Waals surface area contributed by atoms with E-state index in [1.54, 1.807) is 11.8 Å². The first kappa shape index (κ1) is 18.1. The van der Waals surface area contributed by atoms with Crippen LogP contribution in [0, 0.1) is 5.92 Å². The Morgan fingerprint density at radius 1 is 1.24 bits per heavy atom. The van der Waals surface area contributed by atoms with Crippen molar-refractivity contribution in [2.45, 2.75) is 64.0 Å². The Morgan fingerprint density at radius 3 is 2.43 bits per heavy atom. The van der Waals surface area contributed by atoms with E-state index in [0.717, 1.165) is 25.0 Å². The van der Waals surface area contributed by atoms with Crippen LogP contribution in [0.4, 0.5) is 4.79 Å². The quantitative estimate of drug-likeness (QED) is 0.643. The molecule has 0 aromatic carbocycles. The van der Waals surface area contributed by atoms with Gasteiger partial charge in [0, 0.05) is 6.04 Å². The number of amides is 2. The maximum absolute atomic E-state index is 12.0. The number of carbonyl (C=O) groups excluding carboxylic acids is 1. The molecule has 0 aliphatic heterocycles. The summed E-state index contributed by atoms with van der Waals surface area (Å²) in [5.74, 6) is 0.283. The number of carbonyl (C=O) groups is 2. The SMILES string of the molecule is CCC(NC(=O)N[C@H](CCSC)C(=O)O)C1CCCCC1. The lowest BCUT2D eigenvalue weighted by molar-refractivity contribution is -0.139. The lowest BCUT2D eigenvalue weighted by Crippen LogP contribution is -2.51. The van der Waals surface area contributed by atoms with Crippen molar-refractivity contribution in [1.29, 1.82) is 0 Å². The highest BCUT2D eigenvalue weighted by Gasteiger charge is 2.25. The second kappa shape index (κ2) is 9.92. The van der Waals surface area contributed by atoms with Crippen molar-refractivity contribution in [3.8, 4) is 0 Å². The Labute approximate surface area is 131 Å². The fourth-order valence-electron chi connectivity index (χ4n) is 2.95. The molecule has 0 aromatic rings. The van der Waals surface area contributed by atoms with Gasteiger partial charge in [0.05, 0.1) is 0 Å². The molecule has 0 aromatic heterocycles. The molecule has 1 rings (SSSR count). The van der Waals surface area contributed by atoms with E-state index in [1.165, 1.54) is 19.3 Å². The van der Waals surface area contributed by atoms with Crippen LogP contribution in [0.15, 0.2) is 0 Å². The molecular formula is C15H28N2O3S. The molecule has 0 radical (unpaired) electrons. The van der Waals surface area contributed by atoms with E-state index in [9.17, 15) is 9.59 Å². The van der Waals surface area contributed by atoms with Crippen molar-refractivity contribution >= 4 is 23.8 Å². The number of hydrogen-bond acceptors (Lipinski definition) is 3. The molecule has 0 spiro atoms. The number of thioether (sulfide) groups is 1. The lowest BCUT2D eigenvalue weighted by atomic mass is 9.83. The predicted molar refractivity (Wildman–Crippen MR) is 86.7 cm³/mol. The average molecular weight is 316 g/mol. The molecule has 0 saturated heterocycles. The number of aliphatic carboxylic acids is 1. The Bertz CT molecular complexity index is 333. The van der Waals surface area contributed by atoms with Crippen molar-refractivity contribution in [2.24, 2.45) is 5.92 Å². The largest absolute Gasteiger partial charge is 0.480 e. The third kappa shape index (κ3) is 6.59. The Morgan fingerprint density at radius 2 is 1.90 bits per heavy atom. The third-order valence-corrected chi connectivity index (χ3v) is 4.83. The van der Waals surface area contributed by atoms with Gasteiger partial charge in [-0.1, -0.05) is 26.2 Å². The molecular weight excluding hydrogens is 288 g/mol. The number of urea groups is 1. The first-order chi connectivity index (χ1) is 10.1. The maximum atomic E-state index is 12.0. The van der Waals surface area contributed by atoms with Crippen molar-refractivity contribution in [3.05, 3.63) is 0 Å². The lowest BCUT2D eigenvalue weighted by Gasteiger charge is -2.30. The van der Waals surface area contributed by atoms with Crippen LogP contribution < -0.4 is 10.6 Å². The van der Waals surface area contributed by atoms with Crippen LogP contribution in [-0.4, -0.2) is 41.2 Å². The van der Waals surface area contributed by atoms with Gasteiger partial charge in [-0.15, -0.1) is 0 Å². The van der Waals surface area contributed by atoms with E-state index in [-0.39, 0.29) is 12.1 Å². The molecule has 2 amide bonds. The summed E-state index contributed by atoms with van der Waals surface area (Å²) in [6, 6.07) is -0.998. The van der Waals surface area contributed by atoms with Crippen LogP contribution in [0.3, 0.4) is 0 Å². The highest BCUT2D eigenvalue weighted by Crippen LogP contribution is 2.27. The van der Waals surface area contributed by atoms with Gasteiger partial charge in [0.1, 0.15) is 6.04 Å². The zero-order valence-corrected chi connectivity index (χ0v) is 13.9. The molecule has 1 saturated carbocycles. The van der Waals surface area contributed by atoms with Crippen molar-refractivity contribution < 1.29 is 14.7 Å². The van der Waals surface area contributed by atoms with Crippen molar-refractivity contribution in [1.82, 2.24) is 10.6 Å². The maximum Gasteiger partial charge on any atom is 0.326 e. The topological polar surface area (TPSA) is 78.4 Å². The molecule has 3 N–H and O–H groups in total. The van der Waals surface area contributed by atoms with Crippen LogP contribution in [0.1, 0.15) is 51.9 Å². The molecule has 0 heterocycles. The molecule has 1 aliphatic rings. The zero-order chi connectivity index (χ0) is 15.7. The van der Waals surface area contributed by atoms with Gasteiger partial charge in [-0.05, 0) is 43.6 Å². The van der Waals surface area contributed by atoms with Gasteiger partial charge < -0.3 is 15.7 Å². The summed E-state index contributed by atoms with van der Waals surface area (Å²) in [7, 11) is 0. The summed E-state index contributed by atoms with van der Waals surface area (Å²) in [6.07, 6.45) is 9.34. The molecule has 2 atom stereocenters. The first-order valence-corrected chi connectivity index (χ1v) is 9.26. The molecule has 5 nitrogen and oxygen atoms in total. The Balaban J connectivity index is 2.46. The van der Waals surface area contributed by atoms with Crippen LogP contribution in [0.2, 0.25) is 0 Å². The van der Waals surface area contributed by atoms with E-state index < -0.39 is 12.0 Å². The number of carboxylic acids is 1. The number of carboxylic acid groups (broad SMARTS) is 1. The summed E-state index contributed by atoms with van der Waals surface area (Å²) in [5, 5.41) is 14.7. The van der Waals surface area contributed by atoms with E-state index in [1.807, 2.05) is 6.26 Å². The minimum Gasteiger partial charge on any atom is -0.480 e. The molecule has 1 aliphatic carbocycles. The monoisotopic (exact) mass is 316 g/mol. The predicted octanol–water partition coefficient (Wildman–Crippen LogP) is 2.85. The van der Waals surface area contributed by atoms with Gasteiger partial charge in [0.15, 0.2) is 0 Å². The molecule has 1 fully saturated rings. The Hall–Kier alpha value is -0.910. The van der Waals surface area contributed by atoms with Gasteiger partial charge >= 0.3 is 12.0 Å². The fraction of sp³-hybridized carbons (Fsp3) is 0.867. The van der Waals surface area contributed by atoms with Gasteiger partial charge in [-0.2, -0.15) is 11.8 Å². The van der Waals surface area contributed by atoms with E-state index in [0.29, 0.717) is 12.3 Å². The number of nitrogens with one attached hydrogen (secondary N) is 2. The van der Waals surface area contributed by atoms with Crippen LogP contribution in [0.25, 0.3) is 0 Å². The van der Waals surface area contributed by atoms with Crippen LogP contribution >= 0.6 is 11.8 Å². The van der Waals surface area contributed by atoms with Crippen molar-refractivity contribution in [3.63, 3.8) is 0 Å². The summed E-state index contributed by atoms with van der Waals surface area (Å²) >= 11 is 1.58. The van der Waals surface area contributed by atoms with Crippen molar-refractivity contribution in [2.75, 3.05) is 12.0 Å². The molecule has 122 valence electrons. The smallest absolute Gasteiger partial charge is 0.326 e. The van der Waals surface area contributed by atoms with E-state index in [2.05, 4.69) is 17.6 Å². The zero-order valence-electron chi connectivity index (χ0n) is 13.1. The van der Waals surface area contributed by atoms with Gasteiger partial charge in [0.25, 0.3) is 0 Å². The second-order valence-corrected chi connectivity index (χ2v) is 6.69. The van der Waals surface area contributed by atoms with Gasteiger partial charge in [0.2, 0.25) is 0 Å². The number of rotatable bonds is 8. The average Bonchev–Trinajstić information content (AvgIpc) is 2.49. The molecule has 0 bridgehead atoms. The molecule has 21 heavy (non-hydrogen) atoms. The number of hydrogen-bond donors (Lipinski definition) is 3. The normalized spacial score (nSPS) is 18.8. The fourth-order valence-corrected chi connectivity index (χ4v) is 3.42. The summed E-state index contributed by atoms with van der Waals surface area (Å²) < 4.78 is 0. The highest BCUT2D eigenvalue weighted by molar-refractivity contribution is 7.98. The molecule has 1 unspecified atom stereocenters. The Kier molecular flexibility index (Phi) is 8.57. The summed E-state index contributed by atoms with van der Waals surface area (Å²) in [5.41, 5.74) is 0. The summed E-state index contributed by atoms with van der Waals surface area (Å²) in [6.45, 7) is 2.07. The van der Waals surface area contributed by atoms with Crippen LogP contribution in [0.5, 0.6) is 0 Å². The first-order valence-electron chi connectivity index (χ1n) is 7.87. The van der Waals surface area contributed by atoms with E-state index in [4.69, 9.17) is 5.11 Å². The molecule has 6 heteroatoms. The highest BCUT2D eigenvalue weighted by atomic mass is 32.2. The van der Waals surface area contributed by atoms with E-state index >= 15 is 0 Å². The minimum absolute atomic E-state index is 0.153. The van der Waals surface area contributed by atoms with Gasteiger partial charge in [-0.25, -0.2) is 9.59 Å². The van der Waals surface area contributed by atoms with Gasteiger partial charge in [-0.3, -0.25) is 0 Å². The third-order valence-electron chi connectivity index (χ3n) is 4.19. The summed E-state index contributed by atoms with van der Waals surface area (Å²) in [4.78, 5) is 23.2. The second-order valence-electron chi connectivity index (χ2n) is 5.70. The standard InChI is InChI=1S/C15H28N2O3S/c1-3-12(11-7-5-4-6-8-11)16-15(20)17-13(14(18)19)9-10-21-2/h11-13H,3-10H2,1-2H3,(H,18,19)(H2,16,17,20)/t12?,13-/m1/s1. The van der Waals surface area contributed by atoms with Crippen LogP contribution in [-0.2, 0) is 4.79 Å². The minimum atomic E-state index is -0.968.